The maximum absolute atomic E-state index is 13.8. The second-order valence-corrected chi connectivity index (χ2v) is 6.92. The number of rotatable bonds is 5. The molecule has 1 saturated heterocycles. The highest BCUT2D eigenvalue weighted by Crippen LogP contribution is 2.48. The van der Waals surface area contributed by atoms with E-state index in [1.54, 1.807) is 0 Å². The molecule has 1 heterocycles. The third kappa shape index (κ3) is 4.11. The number of amides is 1. The highest BCUT2D eigenvalue weighted by molar-refractivity contribution is 5.82. The normalized spacial score (nSPS) is 30.2. The number of nitrogens with zero attached hydrogens (tertiary/aromatic N) is 1. The molecule has 0 aromatic heterocycles. The smallest absolute Gasteiger partial charge is 0.223 e. The van der Waals surface area contributed by atoms with Crippen LogP contribution in [0.25, 0.3) is 0 Å². The first kappa shape index (κ1) is 17.3. The van der Waals surface area contributed by atoms with Gasteiger partial charge in [-0.3, -0.25) is 9.69 Å². The second-order valence-electron chi connectivity index (χ2n) is 6.92. The van der Waals surface area contributed by atoms with Crippen LogP contribution in [0.1, 0.15) is 31.7 Å². The Morgan fingerprint density at radius 1 is 1.29 bits per heavy atom. The van der Waals surface area contributed by atoms with E-state index in [9.17, 15) is 13.6 Å². The van der Waals surface area contributed by atoms with E-state index in [0.717, 1.165) is 25.7 Å². The average Bonchev–Trinajstić information content (AvgIpc) is 3.26. The molecule has 1 N–H and O–H groups in total. The molecular formula is C18H24F2N2O2. The van der Waals surface area contributed by atoms with E-state index in [1.165, 1.54) is 12.1 Å². The molecule has 0 unspecified atom stereocenters. The van der Waals surface area contributed by atoms with Gasteiger partial charge in [-0.15, -0.1) is 0 Å². The molecule has 1 aromatic carbocycles. The van der Waals surface area contributed by atoms with Crippen LogP contribution in [0.5, 0.6) is 0 Å². The van der Waals surface area contributed by atoms with Gasteiger partial charge < -0.3 is 10.1 Å². The summed E-state index contributed by atoms with van der Waals surface area (Å²) in [6.07, 6.45) is 1.04. The van der Waals surface area contributed by atoms with Gasteiger partial charge in [0.05, 0.1) is 12.2 Å². The van der Waals surface area contributed by atoms with E-state index in [2.05, 4.69) is 10.2 Å². The van der Waals surface area contributed by atoms with Crippen molar-refractivity contribution in [1.82, 2.24) is 10.2 Å². The number of hydrogen-bond acceptors (Lipinski definition) is 3. The van der Waals surface area contributed by atoms with Crippen LogP contribution in [-0.4, -0.2) is 49.2 Å². The van der Waals surface area contributed by atoms with E-state index in [4.69, 9.17) is 4.74 Å². The van der Waals surface area contributed by atoms with Gasteiger partial charge in [-0.1, -0.05) is 6.07 Å². The summed E-state index contributed by atoms with van der Waals surface area (Å²) in [5.41, 5.74) is 0.437. The number of ether oxygens (including phenoxy) is 1. The minimum atomic E-state index is -0.591. The topological polar surface area (TPSA) is 41.6 Å². The Labute approximate surface area is 141 Å². The summed E-state index contributed by atoms with van der Waals surface area (Å²) in [5, 5.41) is 2.93. The van der Waals surface area contributed by atoms with Crippen molar-refractivity contribution in [3.63, 3.8) is 0 Å². The van der Waals surface area contributed by atoms with Crippen molar-refractivity contribution in [3.8, 4) is 0 Å². The summed E-state index contributed by atoms with van der Waals surface area (Å²) in [6, 6.07) is 3.56. The van der Waals surface area contributed by atoms with E-state index in [1.807, 2.05) is 13.8 Å². The first-order valence-corrected chi connectivity index (χ1v) is 8.54. The zero-order chi connectivity index (χ0) is 17.3. The van der Waals surface area contributed by atoms with Crippen LogP contribution in [-0.2, 0) is 9.53 Å². The first-order chi connectivity index (χ1) is 11.4. The molecule has 4 nitrogen and oxygen atoms in total. The van der Waals surface area contributed by atoms with Crippen molar-refractivity contribution in [3.05, 3.63) is 35.4 Å². The van der Waals surface area contributed by atoms with E-state index >= 15 is 0 Å². The maximum Gasteiger partial charge on any atom is 0.223 e. The van der Waals surface area contributed by atoms with Gasteiger partial charge >= 0.3 is 0 Å². The zero-order valence-electron chi connectivity index (χ0n) is 14.1. The second kappa shape index (κ2) is 7.15. The largest absolute Gasteiger partial charge is 0.373 e. The summed E-state index contributed by atoms with van der Waals surface area (Å²) >= 11 is 0. The van der Waals surface area contributed by atoms with Gasteiger partial charge in [-0.05, 0) is 37.8 Å². The number of carbonyl (C=O) groups excluding carboxylic acids is 1. The molecule has 24 heavy (non-hydrogen) atoms. The Balaban J connectivity index is 1.44. The van der Waals surface area contributed by atoms with E-state index in [0.29, 0.717) is 18.5 Å². The minimum absolute atomic E-state index is 0.0434. The lowest BCUT2D eigenvalue weighted by Crippen LogP contribution is -2.48. The Bertz CT molecular complexity index is 601. The number of hydrogen-bond donors (Lipinski definition) is 1. The maximum atomic E-state index is 13.8. The molecule has 2 fully saturated rings. The van der Waals surface area contributed by atoms with Gasteiger partial charge in [0.15, 0.2) is 0 Å². The molecule has 0 bridgehead atoms. The van der Waals surface area contributed by atoms with Gasteiger partial charge in [0.2, 0.25) is 5.91 Å². The molecule has 6 heteroatoms. The molecule has 1 aliphatic heterocycles. The minimum Gasteiger partial charge on any atom is -0.373 e. The Morgan fingerprint density at radius 3 is 2.67 bits per heavy atom. The van der Waals surface area contributed by atoms with Crippen molar-refractivity contribution in [2.45, 2.75) is 38.4 Å². The van der Waals surface area contributed by atoms with Crippen LogP contribution in [0, 0.1) is 17.6 Å². The van der Waals surface area contributed by atoms with Crippen molar-refractivity contribution >= 4 is 5.91 Å². The fourth-order valence-electron chi connectivity index (χ4n) is 3.57. The molecule has 1 aromatic rings. The SMILES string of the molecule is C[C@@H]1CN(CCNC(=O)[C@@H]2C[C@@H]2c2ccc(F)cc2F)C[C@H](C)O1. The molecule has 1 amide bonds. The van der Waals surface area contributed by atoms with Gasteiger partial charge in [0.25, 0.3) is 0 Å². The van der Waals surface area contributed by atoms with Gasteiger partial charge in [-0.25, -0.2) is 8.78 Å². The predicted molar refractivity (Wildman–Crippen MR) is 86.7 cm³/mol. The van der Waals surface area contributed by atoms with Crippen molar-refractivity contribution in [2.24, 2.45) is 5.92 Å². The summed E-state index contributed by atoms with van der Waals surface area (Å²) in [7, 11) is 0. The summed E-state index contributed by atoms with van der Waals surface area (Å²) in [5.74, 6) is -1.53. The average molecular weight is 338 g/mol. The molecule has 1 aliphatic carbocycles. The lowest BCUT2D eigenvalue weighted by Gasteiger charge is -2.35. The van der Waals surface area contributed by atoms with Crippen LogP contribution in [0.4, 0.5) is 8.78 Å². The van der Waals surface area contributed by atoms with Crippen molar-refractivity contribution in [1.29, 1.82) is 0 Å². The lowest BCUT2D eigenvalue weighted by molar-refractivity contribution is -0.122. The molecule has 1 saturated carbocycles. The third-order valence-corrected chi connectivity index (χ3v) is 4.71. The standard InChI is InChI=1S/C18H24F2N2O2/c1-11-9-22(10-12(2)24-11)6-5-21-18(23)16-8-15(16)14-4-3-13(19)7-17(14)20/h3-4,7,11-12,15-16H,5-6,8-10H2,1-2H3,(H,21,23)/t11-,12+,15-,16-/m1/s1. The summed E-state index contributed by atoms with van der Waals surface area (Å²) in [4.78, 5) is 14.5. The van der Waals surface area contributed by atoms with Crippen LogP contribution in [0.15, 0.2) is 18.2 Å². The number of carbonyl (C=O) groups is 1. The Morgan fingerprint density at radius 2 is 2.00 bits per heavy atom. The van der Waals surface area contributed by atoms with Gasteiger partial charge in [0, 0.05) is 38.2 Å². The Hall–Kier alpha value is -1.53. The number of nitrogens with one attached hydrogen (secondary N) is 1. The Kier molecular flexibility index (Phi) is 5.15. The molecule has 0 spiro atoms. The monoisotopic (exact) mass is 338 g/mol. The highest BCUT2D eigenvalue weighted by atomic mass is 19.1. The van der Waals surface area contributed by atoms with Gasteiger partial charge in [0.1, 0.15) is 11.6 Å². The molecule has 4 atom stereocenters. The van der Waals surface area contributed by atoms with Crippen LogP contribution >= 0.6 is 0 Å². The molecule has 0 radical (unpaired) electrons. The van der Waals surface area contributed by atoms with E-state index < -0.39 is 11.6 Å². The number of benzene rings is 1. The summed E-state index contributed by atoms with van der Waals surface area (Å²) < 4.78 is 32.4. The molecule has 3 rings (SSSR count). The molecular weight excluding hydrogens is 314 g/mol. The fraction of sp³-hybridized carbons (Fsp3) is 0.611. The number of morpholine rings is 1. The molecule has 2 aliphatic rings. The predicted octanol–water partition coefficient (Wildman–Crippen LogP) is 2.29. The fourth-order valence-corrected chi connectivity index (χ4v) is 3.57. The summed E-state index contributed by atoms with van der Waals surface area (Å²) in [6.45, 7) is 7.19. The highest BCUT2D eigenvalue weighted by Gasteiger charge is 2.45. The van der Waals surface area contributed by atoms with Crippen LogP contribution in [0.2, 0.25) is 0 Å². The number of halogens is 2. The van der Waals surface area contributed by atoms with Gasteiger partial charge in [-0.2, -0.15) is 0 Å². The third-order valence-electron chi connectivity index (χ3n) is 4.71. The lowest BCUT2D eigenvalue weighted by atomic mass is 10.1. The zero-order valence-corrected chi connectivity index (χ0v) is 14.1. The van der Waals surface area contributed by atoms with Crippen molar-refractivity contribution < 1.29 is 18.3 Å². The first-order valence-electron chi connectivity index (χ1n) is 8.54. The van der Waals surface area contributed by atoms with E-state index in [-0.39, 0.29) is 30.0 Å². The van der Waals surface area contributed by atoms with Crippen molar-refractivity contribution in [2.75, 3.05) is 26.2 Å². The van der Waals surface area contributed by atoms with Crippen LogP contribution in [0.3, 0.4) is 0 Å². The van der Waals surface area contributed by atoms with Crippen LogP contribution < -0.4 is 5.32 Å². The quantitative estimate of drug-likeness (QED) is 0.896. The molecule has 132 valence electrons.